The summed E-state index contributed by atoms with van der Waals surface area (Å²) in [5.74, 6) is 0. The van der Waals surface area contributed by atoms with Crippen LogP contribution in [0.15, 0.2) is 12.7 Å². The van der Waals surface area contributed by atoms with E-state index in [1.807, 2.05) is 0 Å². The molecule has 0 amide bonds. The molecule has 5 heteroatoms. The third kappa shape index (κ3) is 2.89. The van der Waals surface area contributed by atoms with E-state index in [0.717, 1.165) is 0 Å². The summed E-state index contributed by atoms with van der Waals surface area (Å²) >= 11 is 0. The number of hydrogen-bond acceptors (Lipinski definition) is 5. The summed E-state index contributed by atoms with van der Waals surface area (Å²) in [5.41, 5.74) is -2.08. The van der Waals surface area contributed by atoms with E-state index in [-0.39, 0.29) is 12.7 Å². The van der Waals surface area contributed by atoms with Gasteiger partial charge in [-0.15, -0.1) is 6.58 Å². The van der Waals surface area contributed by atoms with Crippen molar-refractivity contribution in [3.63, 3.8) is 0 Å². The highest BCUT2D eigenvalue weighted by molar-refractivity contribution is 5.63. The number of aldehydes is 1. The lowest BCUT2D eigenvalue weighted by atomic mass is 9.91. The highest BCUT2D eigenvalue weighted by atomic mass is 16.4. The summed E-state index contributed by atoms with van der Waals surface area (Å²) in [7, 11) is 0. The average molecular weight is 190 g/mol. The van der Waals surface area contributed by atoms with Crippen LogP contribution in [0.3, 0.4) is 0 Å². The molecule has 0 aromatic rings. The van der Waals surface area contributed by atoms with Crippen molar-refractivity contribution in [1.82, 2.24) is 0 Å². The molecular formula is C8H14O5. The maximum Gasteiger partial charge on any atom is 0.154 e. The van der Waals surface area contributed by atoms with E-state index in [0.29, 0.717) is 0 Å². The smallest absolute Gasteiger partial charge is 0.154 e. The first-order valence-corrected chi connectivity index (χ1v) is 3.78. The maximum atomic E-state index is 10.4. The minimum absolute atomic E-state index is 0.123. The number of carbonyl (C=O) groups excluding carboxylic acids is 1. The first-order valence-electron chi connectivity index (χ1n) is 3.78. The van der Waals surface area contributed by atoms with Crippen LogP contribution in [0.1, 0.15) is 6.42 Å². The zero-order valence-corrected chi connectivity index (χ0v) is 7.13. The molecule has 0 aliphatic heterocycles. The zero-order chi connectivity index (χ0) is 10.5. The summed E-state index contributed by atoms with van der Waals surface area (Å²) in [6, 6.07) is 0. The van der Waals surface area contributed by atoms with Crippen molar-refractivity contribution in [3.05, 3.63) is 12.7 Å². The van der Waals surface area contributed by atoms with Crippen molar-refractivity contribution >= 4 is 6.29 Å². The molecule has 0 radical (unpaired) electrons. The Bertz CT molecular complexity index is 181. The molecule has 0 aliphatic rings. The van der Waals surface area contributed by atoms with Gasteiger partial charge in [-0.05, 0) is 0 Å². The van der Waals surface area contributed by atoms with Gasteiger partial charge < -0.3 is 25.2 Å². The molecule has 0 fully saturated rings. The fourth-order valence-corrected chi connectivity index (χ4v) is 0.903. The summed E-state index contributed by atoms with van der Waals surface area (Å²) in [4.78, 5) is 10.4. The van der Waals surface area contributed by atoms with Gasteiger partial charge in [0.15, 0.2) is 11.9 Å². The van der Waals surface area contributed by atoms with Crippen LogP contribution >= 0.6 is 0 Å². The van der Waals surface area contributed by atoms with Gasteiger partial charge in [-0.25, -0.2) is 0 Å². The lowest BCUT2D eigenvalue weighted by Gasteiger charge is -2.28. The molecule has 0 aromatic carbocycles. The fraction of sp³-hybridized carbons (Fsp3) is 0.625. The molecule has 0 bridgehead atoms. The molecule has 3 atom stereocenters. The van der Waals surface area contributed by atoms with E-state index in [2.05, 4.69) is 6.58 Å². The lowest BCUT2D eigenvalue weighted by molar-refractivity contribution is -0.152. The second-order valence-electron chi connectivity index (χ2n) is 2.80. The number of hydrogen-bond donors (Lipinski definition) is 4. The number of aliphatic hydroxyl groups excluding tert-OH is 3. The van der Waals surface area contributed by atoms with Crippen molar-refractivity contribution in [2.45, 2.75) is 24.2 Å². The molecule has 0 saturated heterocycles. The quantitative estimate of drug-likeness (QED) is 0.293. The van der Waals surface area contributed by atoms with Gasteiger partial charge in [0, 0.05) is 6.42 Å². The summed E-state index contributed by atoms with van der Waals surface area (Å²) < 4.78 is 0. The Morgan fingerprint density at radius 2 is 2.00 bits per heavy atom. The van der Waals surface area contributed by atoms with Crippen LogP contribution in [-0.2, 0) is 4.79 Å². The van der Waals surface area contributed by atoms with E-state index >= 15 is 0 Å². The van der Waals surface area contributed by atoms with Gasteiger partial charge in [0.2, 0.25) is 0 Å². The molecule has 0 aliphatic carbocycles. The molecule has 0 heterocycles. The minimum Gasteiger partial charge on any atom is -0.394 e. The van der Waals surface area contributed by atoms with Crippen LogP contribution in [0.2, 0.25) is 0 Å². The van der Waals surface area contributed by atoms with Crippen molar-refractivity contribution in [2.24, 2.45) is 0 Å². The molecule has 0 spiro atoms. The maximum absolute atomic E-state index is 10.4. The molecule has 5 nitrogen and oxygen atoms in total. The minimum atomic E-state index is -2.08. The SMILES string of the molecule is C=CC[C@](O)(C=O)[C@H](O)[C@H](O)CO. The van der Waals surface area contributed by atoms with Crippen molar-refractivity contribution in [1.29, 1.82) is 0 Å². The molecule has 13 heavy (non-hydrogen) atoms. The first kappa shape index (κ1) is 12.2. The lowest BCUT2D eigenvalue weighted by Crippen LogP contribution is -2.51. The third-order valence-corrected chi connectivity index (χ3v) is 1.74. The monoisotopic (exact) mass is 190 g/mol. The Hall–Kier alpha value is -0.750. The second kappa shape index (κ2) is 5.08. The van der Waals surface area contributed by atoms with Crippen LogP contribution in [0.4, 0.5) is 0 Å². The predicted octanol–water partition coefficient (Wildman–Crippen LogP) is -1.79. The van der Waals surface area contributed by atoms with Crippen LogP contribution in [0.25, 0.3) is 0 Å². The molecule has 0 rings (SSSR count). The predicted molar refractivity (Wildman–Crippen MR) is 44.9 cm³/mol. The molecule has 0 aromatic heterocycles. The van der Waals surface area contributed by atoms with Crippen molar-refractivity contribution in [2.75, 3.05) is 6.61 Å². The number of rotatable bonds is 6. The molecular weight excluding hydrogens is 176 g/mol. The normalized spacial score (nSPS) is 20.0. The van der Waals surface area contributed by atoms with E-state index in [4.69, 9.17) is 10.2 Å². The molecule has 0 saturated carbocycles. The summed E-state index contributed by atoms with van der Waals surface area (Å²) in [6.45, 7) is 2.56. The number of carbonyl (C=O) groups is 1. The molecule has 76 valence electrons. The van der Waals surface area contributed by atoms with Crippen molar-refractivity contribution < 1.29 is 25.2 Å². The molecule has 4 N–H and O–H groups in total. The van der Waals surface area contributed by atoms with E-state index in [1.165, 1.54) is 6.08 Å². The van der Waals surface area contributed by atoms with Gasteiger partial charge in [0.25, 0.3) is 0 Å². The van der Waals surface area contributed by atoms with Crippen LogP contribution in [-0.4, -0.2) is 51.1 Å². The van der Waals surface area contributed by atoms with E-state index < -0.39 is 24.4 Å². The average Bonchev–Trinajstić information content (AvgIpc) is 2.15. The highest BCUT2D eigenvalue weighted by Gasteiger charge is 2.38. The Kier molecular flexibility index (Phi) is 4.79. The molecule has 0 unspecified atom stereocenters. The Labute approximate surface area is 75.9 Å². The summed E-state index contributed by atoms with van der Waals surface area (Å²) in [5, 5.41) is 36.1. The third-order valence-electron chi connectivity index (χ3n) is 1.74. The second-order valence-corrected chi connectivity index (χ2v) is 2.80. The van der Waals surface area contributed by atoms with Gasteiger partial charge in [-0.2, -0.15) is 0 Å². The van der Waals surface area contributed by atoms with Gasteiger partial charge >= 0.3 is 0 Å². The van der Waals surface area contributed by atoms with Crippen LogP contribution in [0, 0.1) is 0 Å². The Balaban J connectivity index is 4.53. The van der Waals surface area contributed by atoms with E-state index in [1.54, 1.807) is 0 Å². The zero-order valence-electron chi connectivity index (χ0n) is 7.13. The topological polar surface area (TPSA) is 98.0 Å². The van der Waals surface area contributed by atoms with Crippen LogP contribution in [0.5, 0.6) is 0 Å². The van der Waals surface area contributed by atoms with Gasteiger partial charge in [-0.3, -0.25) is 0 Å². The standard InChI is InChI=1S/C8H14O5/c1-2-3-8(13,5-10)7(12)6(11)4-9/h2,5-7,9,11-13H,1,3-4H2/t6-,7-,8+/m1/s1. The fourth-order valence-electron chi connectivity index (χ4n) is 0.903. The summed E-state index contributed by atoms with van der Waals surface area (Å²) in [6.07, 6.45) is -2.09. The first-order chi connectivity index (χ1) is 6.01. The Morgan fingerprint density at radius 1 is 1.46 bits per heavy atom. The van der Waals surface area contributed by atoms with Gasteiger partial charge in [0.1, 0.15) is 12.2 Å². The van der Waals surface area contributed by atoms with Gasteiger partial charge in [-0.1, -0.05) is 6.08 Å². The number of aliphatic hydroxyl groups is 4. The Morgan fingerprint density at radius 3 is 2.31 bits per heavy atom. The highest BCUT2D eigenvalue weighted by Crippen LogP contribution is 2.16. The van der Waals surface area contributed by atoms with Crippen molar-refractivity contribution in [3.8, 4) is 0 Å². The largest absolute Gasteiger partial charge is 0.394 e. The van der Waals surface area contributed by atoms with E-state index in [9.17, 15) is 15.0 Å². The van der Waals surface area contributed by atoms with Crippen LogP contribution < -0.4 is 0 Å². The van der Waals surface area contributed by atoms with Gasteiger partial charge in [0.05, 0.1) is 6.61 Å².